The summed E-state index contributed by atoms with van der Waals surface area (Å²) in [6, 6.07) is 15.2. The van der Waals surface area contributed by atoms with Gasteiger partial charge in [0.2, 0.25) is 0 Å². The molecule has 0 heterocycles. The molecule has 2 aromatic carbocycles. The Balaban J connectivity index is 2.17. The molecule has 2 aromatic rings. The number of aryl methyl sites for hydroxylation is 2. The second kappa shape index (κ2) is 6.23. The maximum Gasteiger partial charge on any atom is 0.0335 e. The van der Waals surface area contributed by atoms with Gasteiger partial charge in [-0.05, 0) is 54.0 Å². The molecule has 0 aliphatic carbocycles. The summed E-state index contributed by atoms with van der Waals surface area (Å²) in [7, 11) is 0. The third-order valence-electron chi connectivity index (χ3n) is 4.10. The van der Waals surface area contributed by atoms with Crippen LogP contribution in [-0.4, -0.2) is 0 Å². The van der Waals surface area contributed by atoms with Crippen molar-refractivity contribution in [2.24, 2.45) is 5.73 Å². The summed E-state index contributed by atoms with van der Waals surface area (Å²) in [6.45, 7) is 8.76. The van der Waals surface area contributed by atoms with Crippen LogP contribution in [0.1, 0.15) is 53.6 Å². The molecule has 0 aliphatic heterocycles. The lowest BCUT2D eigenvalue weighted by molar-refractivity contribution is 0.714. The van der Waals surface area contributed by atoms with Gasteiger partial charge in [0.25, 0.3) is 0 Å². The zero-order valence-corrected chi connectivity index (χ0v) is 13.0. The summed E-state index contributed by atoms with van der Waals surface area (Å²) in [5, 5.41) is 0. The minimum Gasteiger partial charge on any atom is -0.324 e. The van der Waals surface area contributed by atoms with Crippen LogP contribution >= 0.6 is 0 Å². The van der Waals surface area contributed by atoms with Crippen LogP contribution in [0.25, 0.3) is 0 Å². The van der Waals surface area contributed by atoms with Crippen molar-refractivity contribution in [3.63, 3.8) is 0 Å². The Hall–Kier alpha value is -1.60. The van der Waals surface area contributed by atoms with Crippen molar-refractivity contribution in [2.45, 2.75) is 46.1 Å². The van der Waals surface area contributed by atoms with Gasteiger partial charge in [-0.1, -0.05) is 56.3 Å². The number of hydrogen-bond donors (Lipinski definition) is 1. The van der Waals surface area contributed by atoms with Crippen molar-refractivity contribution in [1.29, 1.82) is 0 Å². The van der Waals surface area contributed by atoms with Crippen LogP contribution in [0.4, 0.5) is 0 Å². The Kier molecular flexibility index (Phi) is 4.61. The zero-order valence-electron chi connectivity index (χ0n) is 13.0. The Morgan fingerprint density at radius 3 is 1.85 bits per heavy atom. The molecular formula is C19H25N. The molecule has 1 heteroatoms. The summed E-state index contributed by atoms with van der Waals surface area (Å²) >= 11 is 0. The number of rotatable bonds is 4. The first-order valence-electron chi connectivity index (χ1n) is 7.39. The normalized spacial score (nSPS) is 12.7. The van der Waals surface area contributed by atoms with Crippen molar-refractivity contribution in [1.82, 2.24) is 0 Å². The molecule has 0 amide bonds. The number of benzene rings is 2. The fourth-order valence-electron chi connectivity index (χ4n) is 2.64. The molecule has 106 valence electrons. The van der Waals surface area contributed by atoms with E-state index in [9.17, 15) is 0 Å². The van der Waals surface area contributed by atoms with Crippen LogP contribution in [0.15, 0.2) is 42.5 Å². The highest BCUT2D eigenvalue weighted by Gasteiger charge is 2.11. The molecule has 0 fully saturated rings. The van der Waals surface area contributed by atoms with Gasteiger partial charge in [-0.3, -0.25) is 0 Å². The van der Waals surface area contributed by atoms with E-state index in [-0.39, 0.29) is 6.04 Å². The monoisotopic (exact) mass is 267 g/mol. The third kappa shape index (κ3) is 3.29. The Labute approximate surface area is 122 Å². The second-order valence-corrected chi connectivity index (χ2v) is 6.00. The van der Waals surface area contributed by atoms with Gasteiger partial charge in [-0.2, -0.15) is 0 Å². The first-order chi connectivity index (χ1) is 9.49. The molecule has 2 N–H and O–H groups in total. The molecule has 0 spiro atoms. The molecule has 0 bridgehead atoms. The maximum atomic E-state index is 6.39. The summed E-state index contributed by atoms with van der Waals surface area (Å²) < 4.78 is 0. The predicted octanol–water partition coefficient (Wildman–Crippen LogP) is 4.67. The number of hydrogen-bond acceptors (Lipinski definition) is 1. The highest BCUT2D eigenvalue weighted by Crippen LogP contribution is 2.23. The molecule has 1 unspecified atom stereocenters. The van der Waals surface area contributed by atoms with Crippen molar-refractivity contribution in [3.05, 3.63) is 70.3 Å². The molecule has 0 aromatic heterocycles. The van der Waals surface area contributed by atoms with Crippen LogP contribution in [0, 0.1) is 13.8 Å². The van der Waals surface area contributed by atoms with Crippen molar-refractivity contribution in [3.8, 4) is 0 Å². The summed E-state index contributed by atoms with van der Waals surface area (Å²) in [4.78, 5) is 0. The van der Waals surface area contributed by atoms with Gasteiger partial charge in [-0.15, -0.1) is 0 Å². The summed E-state index contributed by atoms with van der Waals surface area (Å²) in [5.74, 6) is 0.568. The topological polar surface area (TPSA) is 26.0 Å². The molecule has 0 radical (unpaired) electrons. The lowest BCUT2D eigenvalue weighted by Crippen LogP contribution is -2.14. The second-order valence-electron chi connectivity index (χ2n) is 6.00. The molecule has 1 nitrogen and oxygen atoms in total. The highest BCUT2D eigenvalue weighted by atomic mass is 14.6. The molecule has 1 atom stereocenters. The molecular weight excluding hydrogens is 242 g/mol. The van der Waals surface area contributed by atoms with Gasteiger partial charge in [-0.25, -0.2) is 0 Å². The Bertz CT molecular complexity index is 547. The Morgan fingerprint density at radius 1 is 0.850 bits per heavy atom. The van der Waals surface area contributed by atoms with Crippen LogP contribution < -0.4 is 5.73 Å². The molecule has 2 rings (SSSR count). The molecule has 0 saturated carbocycles. The van der Waals surface area contributed by atoms with Crippen LogP contribution in [0.5, 0.6) is 0 Å². The predicted molar refractivity (Wildman–Crippen MR) is 87.1 cm³/mol. The van der Waals surface area contributed by atoms with E-state index in [0.717, 1.165) is 6.42 Å². The van der Waals surface area contributed by atoms with E-state index in [2.05, 4.69) is 70.2 Å². The maximum absolute atomic E-state index is 6.39. The first-order valence-corrected chi connectivity index (χ1v) is 7.39. The largest absolute Gasteiger partial charge is 0.324 e. The number of nitrogens with two attached hydrogens (primary N) is 1. The fraction of sp³-hybridized carbons (Fsp3) is 0.368. The van der Waals surface area contributed by atoms with E-state index in [0.29, 0.717) is 5.92 Å². The lowest BCUT2D eigenvalue weighted by Gasteiger charge is -2.17. The van der Waals surface area contributed by atoms with Gasteiger partial charge in [0.15, 0.2) is 0 Å². The SMILES string of the molecule is Cc1cccc(C)c1CC(N)c1ccc(C(C)C)cc1. The van der Waals surface area contributed by atoms with E-state index in [4.69, 9.17) is 5.73 Å². The summed E-state index contributed by atoms with van der Waals surface area (Å²) in [5.41, 5.74) is 13.0. The molecule has 0 saturated heterocycles. The quantitative estimate of drug-likeness (QED) is 0.856. The standard InChI is InChI=1S/C19H25N/c1-13(2)16-8-10-17(11-9-16)19(20)12-18-14(3)6-5-7-15(18)4/h5-11,13,19H,12,20H2,1-4H3. The van der Waals surface area contributed by atoms with Crippen molar-refractivity contribution >= 4 is 0 Å². The van der Waals surface area contributed by atoms with Crippen molar-refractivity contribution in [2.75, 3.05) is 0 Å². The summed E-state index contributed by atoms with van der Waals surface area (Å²) in [6.07, 6.45) is 0.902. The molecule has 0 aliphatic rings. The average molecular weight is 267 g/mol. The smallest absolute Gasteiger partial charge is 0.0335 e. The van der Waals surface area contributed by atoms with E-state index in [1.807, 2.05) is 0 Å². The van der Waals surface area contributed by atoms with E-state index in [1.165, 1.54) is 27.8 Å². The first kappa shape index (κ1) is 14.8. The van der Waals surface area contributed by atoms with Crippen LogP contribution in [0.3, 0.4) is 0 Å². The average Bonchev–Trinajstić information content (AvgIpc) is 2.43. The Morgan fingerprint density at radius 2 is 1.35 bits per heavy atom. The highest BCUT2D eigenvalue weighted by molar-refractivity contribution is 5.36. The third-order valence-corrected chi connectivity index (χ3v) is 4.10. The van der Waals surface area contributed by atoms with Gasteiger partial charge < -0.3 is 5.73 Å². The van der Waals surface area contributed by atoms with Gasteiger partial charge in [0.05, 0.1) is 0 Å². The van der Waals surface area contributed by atoms with Crippen molar-refractivity contribution < 1.29 is 0 Å². The van der Waals surface area contributed by atoms with E-state index >= 15 is 0 Å². The van der Waals surface area contributed by atoms with Gasteiger partial charge >= 0.3 is 0 Å². The van der Waals surface area contributed by atoms with Gasteiger partial charge in [0.1, 0.15) is 0 Å². The minimum absolute atomic E-state index is 0.0658. The zero-order chi connectivity index (χ0) is 14.7. The van der Waals surface area contributed by atoms with Crippen LogP contribution in [0.2, 0.25) is 0 Å². The van der Waals surface area contributed by atoms with E-state index in [1.54, 1.807) is 0 Å². The fourth-order valence-corrected chi connectivity index (χ4v) is 2.64. The van der Waals surface area contributed by atoms with E-state index < -0.39 is 0 Å². The minimum atomic E-state index is 0.0658. The molecule has 20 heavy (non-hydrogen) atoms. The van der Waals surface area contributed by atoms with Crippen LogP contribution in [-0.2, 0) is 6.42 Å². The lowest BCUT2D eigenvalue weighted by atomic mass is 9.92. The van der Waals surface area contributed by atoms with Gasteiger partial charge in [0, 0.05) is 6.04 Å².